The maximum absolute atomic E-state index is 2.28. The zero-order valence-electron chi connectivity index (χ0n) is 8.83. The van der Waals surface area contributed by atoms with Crippen LogP contribution >= 0.6 is 0 Å². The number of halogens is 3. The van der Waals surface area contributed by atoms with Crippen molar-refractivity contribution in [1.82, 2.24) is 0 Å². The molecule has 0 nitrogen and oxygen atoms in total. The fourth-order valence-corrected chi connectivity index (χ4v) is 2.94. The van der Waals surface area contributed by atoms with E-state index in [9.17, 15) is 0 Å². The van der Waals surface area contributed by atoms with Crippen molar-refractivity contribution in [2.24, 2.45) is 0 Å². The molecule has 0 spiro atoms. The van der Waals surface area contributed by atoms with E-state index in [0.717, 1.165) is 0 Å². The van der Waals surface area contributed by atoms with Crippen LogP contribution in [0.25, 0.3) is 11.1 Å². The van der Waals surface area contributed by atoms with Crippen molar-refractivity contribution >= 4 is 0 Å². The van der Waals surface area contributed by atoms with Crippen molar-refractivity contribution in [3.8, 4) is 11.1 Å². The third-order valence-electron chi connectivity index (χ3n) is 2.83. The molecule has 0 radical (unpaired) electrons. The second-order valence-corrected chi connectivity index (χ2v) is 4.51. The molecular weight excluding hydrogens is 261 g/mol. The number of hydrogen-bond acceptors (Lipinski definition) is 0. The van der Waals surface area contributed by atoms with Crippen molar-refractivity contribution in [3.05, 3.63) is 59.7 Å². The number of fused-ring (bicyclic) bond motifs is 3. The molecule has 0 atom stereocenters. The van der Waals surface area contributed by atoms with Crippen molar-refractivity contribution in [3.63, 3.8) is 0 Å². The Balaban J connectivity index is 0.000000853. The van der Waals surface area contributed by atoms with Gasteiger partial charge >= 0.3 is 95.4 Å². The van der Waals surface area contributed by atoms with Gasteiger partial charge in [0, 0.05) is 0 Å². The van der Waals surface area contributed by atoms with Crippen LogP contribution in [0.3, 0.4) is 0 Å². The van der Waals surface area contributed by atoms with Gasteiger partial charge in [0.05, 0.1) is 0 Å². The summed E-state index contributed by atoms with van der Waals surface area (Å²) in [6.07, 6.45) is 0. The fraction of sp³-hybridized carbons (Fsp3) is 0.0769. The van der Waals surface area contributed by atoms with Crippen LogP contribution in [-0.2, 0) is 20.4 Å². The molecule has 0 saturated heterocycles. The normalized spacial score (nSPS) is 11.4. The Bertz CT molecular complexity index is 454. The number of benzene rings is 2. The predicted molar refractivity (Wildman–Crippen MR) is 53.7 cm³/mol. The third-order valence-corrected chi connectivity index (χ3v) is 3.81. The molecule has 1 aliphatic rings. The molecule has 0 unspecified atom stereocenters. The van der Waals surface area contributed by atoms with Gasteiger partial charge < -0.3 is 14.1 Å². The zero-order valence-corrected chi connectivity index (χ0v) is 10.4. The third kappa shape index (κ3) is 2.31. The number of rotatable bonds is 0. The summed E-state index contributed by atoms with van der Waals surface area (Å²) in [6, 6.07) is 17.4. The second-order valence-electron chi connectivity index (χ2n) is 3.61. The fourth-order valence-electron chi connectivity index (χ4n) is 2.16. The molecule has 0 amide bonds. The minimum atomic E-state index is 0. The summed E-state index contributed by atoms with van der Waals surface area (Å²) in [6.45, 7) is 0. The molecule has 0 bridgehead atoms. The summed E-state index contributed by atoms with van der Waals surface area (Å²) < 4.78 is 0.558. The van der Waals surface area contributed by atoms with Crippen LogP contribution in [-0.4, -0.2) is 0 Å². The van der Waals surface area contributed by atoms with Gasteiger partial charge in [0.15, 0.2) is 0 Å². The molecule has 1 aliphatic carbocycles. The topological polar surface area (TPSA) is 0 Å². The molecule has 86 valence electrons. The van der Waals surface area contributed by atoms with E-state index in [1.165, 1.54) is 22.3 Å². The van der Waals surface area contributed by atoms with E-state index >= 15 is 0 Å². The standard InChI is InChI=1S/C13H9.3FH.Ti/c1-3-7-12-10(5-1)9-11-6-2-4-8-13(11)12;;;;/h1-9H;3*1H;/q;;;;+3/p-3. The first-order chi connectivity index (χ1) is 6.88. The Kier molecular flexibility index (Phi) is 5.66. The van der Waals surface area contributed by atoms with Crippen LogP contribution in [0.5, 0.6) is 0 Å². The molecule has 17 heavy (non-hydrogen) atoms. The SMILES string of the molecule is [F-].[F-].[F-].[Ti+3][CH]1c2ccccc2-c2ccccc21. The van der Waals surface area contributed by atoms with Crippen molar-refractivity contribution in [2.75, 3.05) is 0 Å². The van der Waals surface area contributed by atoms with Gasteiger partial charge in [-0.05, 0) is 0 Å². The minimum absolute atomic E-state index is 0. The van der Waals surface area contributed by atoms with Crippen molar-refractivity contribution < 1.29 is 34.5 Å². The summed E-state index contributed by atoms with van der Waals surface area (Å²) in [5, 5.41) is 0. The zero-order chi connectivity index (χ0) is 9.54. The first-order valence-corrected chi connectivity index (χ1v) is 5.67. The summed E-state index contributed by atoms with van der Waals surface area (Å²) >= 11 is 2.28. The summed E-state index contributed by atoms with van der Waals surface area (Å²) in [4.78, 5) is 0. The Morgan fingerprint density at radius 3 is 1.41 bits per heavy atom. The van der Waals surface area contributed by atoms with Gasteiger partial charge in [-0.25, -0.2) is 0 Å². The van der Waals surface area contributed by atoms with Gasteiger partial charge in [0.2, 0.25) is 0 Å². The first-order valence-electron chi connectivity index (χ1n) is 4.77. The van der Waals surface area contributed by atoms with E-state index in [-0.39, 0.29) is 14.1 Å². The molecule has 0 fully saturated rings. The van der Waals surface area contributed by atoms with Crippen LogP contribution in [0, 0.1) is 0 Å². The molecular formula is C13H9F3Ti. The van der Waals surface area contributed by atoms with Gasteiger partial charge in [-0.2, -0.15) is 0 Å². The van der Waals surface area contributed by atoms with E-state index in [4.69, 9.17) is 0 Å². The van der Waals surface area contributed by atoms with Crippen LogP contribution in [0.1, 0.15) is 15.3 Å². The Morgan fingerprint density at radius 2 is 1.00 bits per heavy atom. The molecule has 2 aromatic rings. The Morgan fingerprint density at radius 1 is 0.647 bits per heavy atom. The average molecular weight is 270 g/mol. The summed E-state index contributed by atoms with van der Waals surface area (Å²) in [7, 11) is 0. The van der Waals surface area contributed by atoms with Gasteiger partial charge in [-0.1, -0.05) is 0 Å². The van der Waals surface area contributed by atoms with Crippen molar-refractivity contribution in [1.29, 1.82) is 0 Å². The van der Waals surface area contributed by atoms with Gasteiger partial charge in [-0.15, -0.1) is 0 Å². The molecule has 2 aromatic carbocycles. The van der Waals surface area contributed by atoms with E-state index in [1.807, 2.05) is 0 Å². The monoisotopic (exact) mass is 270 g/mol. The Hall–Kier alpha value is -1.06. The molecule has 0 N–H and O–H groups in total. The van der Waals surface area contributed by atoms with E-state index in [2.05, 4.69) is 69.0 Å². The van der Waals surface area contributed by atoms with Crippen LogP contribution in [0.15, 0.2) is 48.5 Å². The Labute approximate surface area is 110 Å². The first kappa shape index (κ1) is 15.9. The maximum atomic E-state index is 2.28. The quantitative estimate of drug-likeness (QED) is 0.419. The molecule has 0 aliphatic heterocycles. The summed E-state index contributed by atoms with van der Waals surface area (Å²) in [5.41, 5.74) is 5.76. The van der Waals surface area contributed by atoms with Gasteiger partial charge in [-0.3, -0.25) is 0 Å². The van der Waals surface area contributed by atoms with E-state index in [0.29, 0.717) is 4.22 Å². The second kappa shape index (κ2) is 6.03. The molecule has 0 aromatic heterocycles. The molecule has 0 heterocycles. The molecule has 0 saturated carbocycles. The van der Waals surface area contributed by atoms with E-state index in [1.54, 1.807) is 0 Å². The van der Waals surface area contributed by atoms with Crippen LogP contribution in [0.4, 0.5) is 0 Å². The molecule has 4 heteroatoms. The van der Waals surface area contributed by atoms with Gasteiger partial charge in [0.25, 0.3) is 0 Å². The molecule has 3 rings (SSSR count). The number of hydrogen-bond donors (Lipinski definition) is 0. The van der Waals surface area contributed by atoms with Crippen molar-refractivity contribution in [2.45, 2.75) is 4.22 Å². The van der Waals surface area contributed by atoms with Crippen LogP contribution in [0.2, 0.25) is 0 Å². The predicted octanol–water partition coefficient (Wildman–Crippen LogP) is -5.68. The van der Waals surface area contributed by atoms with E-state index < -0.39 is 0 Å². The van der Waals surface area contributed by atoms with Gasteiger partial charge in [0.1, 0.15) is 0 Å². The van der Waals surface area contributed by atoms with Crippen LogP contribution < -0.4 is 14.1 Å². The summed E-state index contributed by atoms with van der Waals surface area (Å²) in [5.74, 6) is 0. The average Bonchev–Trinajstić information content (AvgIpc) is 2.55.